The van der Waals surface area contributed by atoms with E-state index >= 15 is 0 Å². The Hall–Kier alpha value is -3.47. The number of hydrogen-bond acceptors (Lipinski definition) is 3. The number of fused-ring (bicyclic) bond motifs is 1. The molecule has 30 heavy (non-hydrogen) atoms. The highest BCUT2D eigenvalue weighted by molar-refractivity contribution is 5.92. The molecule has 0 aliphatic heterocycles. The van der Waals surface area contributed by atoms with E-state index in [1.54, 1.807) is 6.20 Å². The van der Waals surface area contributed by atoms with E-state index in [1.165, 1.54) is 11.1 Å². The molecule has 1 saturated carbocycles. The molecule has 1 aliphatic carbocycles. The third-order valence-electron chi connectivity index (χ3n) is 5.99. The lowest BCUT2D eigenvalue weighted by atomic mass is 9.70. The van der Waals surface area contributed by atoms with Gasteiger partial charge in [-0.1, -0.05) is 42.0 Å². The number of H-pyrrole nitrogens is 1. The van der Waals surface area contributed by atoms with Crippen LogP contribution in [-0.2, 0) is 11.2 Å². The molecule has 0 radical (unpaired) electrons. The molecule has 1 amide bonds. The number of aryl methyl sites for hydroxylation is 1. The predicted molar refractivity (Wildman–Crippen MR) is 119 cm³/mol. The van der Waals surface area contributed by atoms with E-state index in [-0.39, 0.29) is 5.91 Å². The number of anilines is 1. The third kappa shape index (κ3) is 3.83. The standard InChI is InChI=1S/C25H24N4O/c1-16-4-2-5-18(10-16)20-13-21(14-20)23-15-24(29-28-23)27-25(30)12-17-7-8-22-19(11-17)6-3-9-26-22/h2-11,15,20-21H,12-14H2,1H3,(H2,27,28,29,30)/t20-,21+. The molecule has 0 spiro atoms. The Morgan fingerprint density at radius 1 is 1.07 bits per heavy atom. The van der Waals surface area contributed by atoms with E-state index in [0.717, 1.165) is 35.0 Å². The Labute approximate surface area is 175 Å². The molecule has 150 valence electrons. The summed E-state index contributed by atoms with van der Waals surface area (Å²) in [6.07, 6.45) is 4.31. The number of benzene rings is 2. The van der Waals surface area contributed by atoms with Crippen LogP contribution < -0.4 is 5.32 Å². The Balaban J connectivity index is 1.18. The van der Waals surface area contributed by atoms with Crippen molar-refractivity contribution in [1.82, 2.24) is 15.2 Å². The second-order valence-corrected chi connectivity index (χ2v) is 8.24. The monoisotopic (exact) mass is 396 g/mol. The van der Waals surface area contributed by atoms with Crippen LogP contribution >= 0.6 is 0 Å². The highest BCUT2D eigenvalue weighted by atomic mass is 16.1. The summed E-state index contributed by atoms with van der Waals surface area (Å²) in [5.74, 6) is 1.61. The molecule has 0 bridgehead atoms. The molecule has 2 heterocycles. The van der Waals surface area contributed by atoms with E-state index in [4.69, 9.17) is 0 Å². The van der Waals surface area contributed by atoms with E-state index < -0.39 is 0 Å². The summed E-state index contributed by atoms with van der Waals surface area (Å²) < 4.78 is 0. The minimum atomic E-state index is -0.0671. The zero-order valence-corrected chi connectivity index (χ0v) is 16.9. The smallest absolute Gasteiger partial charge is 0.229 e. The van der Waals surface area contributed by atoms with Crippen LogP contribution in [-0.4, -0.2) is 21.1 Å². The number of aromatic nitrogens is 3. The van der Waals surface area contributed by atoms with E-state index in [2.05, 4.69) is 51.7 Å². The molecule has 1 aliphatic rings. The Morgan fingerprint density at radius 3 is 2.83 bits per heavy atom. The number of hydrogen-bond donors (Lipinski definition) is 2. The summed E-state index contributed by atoms with van der Waals surface area (Å²) in [6.45, 7) is 2.14. The number of carbonyl (C=O) groups excluding carboxylic acids is 1. The SMILES string of the molecule is Cc1cccc([C@H]2C[C@@H](c3cc(NC(=O)Cc4ccc5ncccc5c4)n[nH]3)C2)c1. The first kappa shape index (κ1) is 18.6. The zero-order valence-electron chi connectivity index (χ0n) is 16.9. The van der Waals surface area contributed by atoms with Crippen LogP contribution in [0.2, 0.25) is 0 Å². The van der Waals surface area contributed by atoms with Gasteiger partial charge in [0.05, 0.1) is 11.9 Å². The summed E-state index contributed by atoms with van der Waals surface area (Å²) in [5.41, 5.74) is 5.73. The molecule has 0 unspecified atom stereocenters. The van der Waals surface area contributed by atoms with Gasteiger partial charge < -0.3 is 5.32 Å². The van der Waals surface area contributed by atoms with Gasteiger partial charge in [-0.3, -0.25) is 14.9 Å². The Kier molecular flexibility index (Phi) is 4.79. The highest BCUT2D eigenvalue weighted by Gasteiger charge is 2.32. The van der Waals surface area contributed by atoms with Crippen LogP contribution in [0.1, 0.15) is 47.1 Å². The van der Waals surface area contributed by atoms with Crippen LogP contribution in [0.25, 0.3) is 10.9 Å². The van der Waals surface area contributed by atoms with Crippen molar-refractivity contribution in [1.29, 1.82) is 0 Å². The lowest BCUT2D eigenvalue weighted by Gasteiger charge is -2.35. The number of pyridine rings is 1. The molecular formula is C25H24N4O. The molecular weight excluding hydrogens is 372 g/mol. The van der Waals surface area contributed by atoms with Gasteiger partial charge in [0, 0.05) is 29.3 Å². The minimum absolute atomic E-state index is 0.0671. The quantitative estimate of drug-likeness (QED) is 0.492. The molecule has 1 fully saturated rings. The lowest BCUT2D eigenvalue weighted by Crippen LogP contribution is -2.20. The van der Waals surface area contributed by atoms with E-state index in [0.29, 0.717) is 24.1 Å². The number of aromatic amines is 1. The maximum atomic E-state index is 12.5. The van der Waals surface area contributed by atoms with Gasteiger partial charge in [0.1, 0.15) is 0 Å². The summed E-state index contributed by atoms with van der Waals surface area (Å²) in [4.78, 5) is 16.8. The van der Waals surface area contributed by atoms with E-state index in [9.17, 15) is 4.79 Å². The molecule has 4 aromatic rings. The van der Waals surface area contributed by atoms with Crippen molar-refractivity contribution >= 4 is 22.6 Å². The minimum Gasteiger partial charge on any atom is -0.309 e. The normalized spacial score (nSPS) is 18.2. The summed E-state index contributed by atoms with van der Waals surface area (Å²) in [6, 6.07) is 20.6. The predicted octanol–water partition coefficient (Wildman–Crippen LogP) is 5.11. The van der Waals surface area contributed by atoms with Crippen LogP contribution in [0.15, 0.2) is 66.9 Å². The van der Waals surface area contributed by atoms with Crippen LogP contribution in [0.5, 0.6) is 0 Å². The molecule has 2 N–H and O–H groups in total. The van der Waals surface area contributed by atoms with Gasteiger partial charge in [0.15, 0.2) is 5.82 Å². The molecule has 2 aromatic carbocycles. The Bertz CT molecular complexity index is 1210. The fourth-order valence-corrected chi connectivity index (χ4v) is 4.29. The first-order valence-corrected chi connectivity index (χ1v) is 10.4. The first-order chi connectivity index (χ1) is 14.6. The fourth-order valence-electron chi connectivity index (χ4n) is 4.29. The third-order valence-corrected chi connectivity index (χ3v) is 5.99. The van der Waals surface area contributed by atoms with Gasteiger partial charge in [-0.15, -0.1) is 0 Å². The first-order valence-electron chi connectivity index (χ1n) is 10.4. The molecule has 2 aromatic heterocycles. The molecule has 0 saturated heterocycles. The molecule has 0 atom stereocenters. The average molecular weight is 396 g/mol. The van der Waals surface area contributed by atoms with Gasteiger partial charge in [-0.2, -0.15) is 5.10 Å². The maximum absolute atomic E-state index is 12.5. The van der Waals surface area contributed by atoms with Crippen LogP contribution in [0.3, 0.4) is 0 Å². The topological polar surface area (TPSA) is 70.7 Å². The molecule has 5 rings (SSSR count). The summed E-state index contributed by atoms with van der Waals surface area (Å²) >= 11 is 0. The second kappa shape index (κ2) is 7.75. The lowest BCUT2D eigenvalue weighted by molar-refractivity contribution is -0.115. The number of nitrogens with zero attached hydrogens (tertiary/aromatic N) is 2. The average Bonchev–Trinajstić information content (AvgIpc) is 3.14. The van der Waals surface area contributed by atoms with Gasteiger partial charge in [0.2, 0.25) is 5.91 Å². The van der Waals surface area contributed by atoms with Gasteiger partial charge in [-0.25, -0.2) is 0 Å². The van der Waals surface area contributed by atoms with Gasteiger partial charge in [-0.05, 0) is 55.0 Å². The number of nitrogens with one attached hydrogen (secondary N) is 2. The second-order valence-electron chi connectivity index (χ2n) is 8.24. The van der Waals surface area contributed by atoms with Crippen molar-refractivity contribution in [3.63, 3.8) is 0 Å². The summed E-state index contributed by atoms with van der Waals surface area (Å²) in [5, 5.41) is 11.4. The van der Waals surface area contributed by atoms with Crippen molar-refractivity contribution in [3.05, 3.63) is 89.2 Å². The Morgan fingerprint density at radius 2 is 1.97 bits per heavy atom. The molecule has 5 heteroatoms. The summed E-state index contributed by atoms with van der Waals surface area (Å²) in [7, 11) is 0. The van der Waals surface area contributed by atoms with Crippen molar-refractivity contribution in [2.75, 3.05) is 5.32 Å². The van der Waals surface area contributed by atoms with Crippen LogP contribution in [0.4, 0.5) is 5.82 Å². The van der Waals surface area contributed by atoms with Crippen molar-refractivity contribution in [2.24, 2.45) is 0 Å². The fraction of sp³-hybridized carbons (Fsp3) is 0.240. The zero-order chi connectivity index (χ0) is 20.5. The van der Waals surface area contributed by atoms with E-state index in [1.807, 2.05) is 36.4 Å². The van der Waals surface area contributed by atoms with Crippen molar-refractivity contribution in [2.45, 2.75) is 38.0 Å². The maximum Gasteiger partial charge on any atom is 0.229 e. The molecule has 5 nitrogen and oxygen atoms in total. The largest absolute Gasteiger partial charge is 0.309 e. The number of carbonyl (C=O) groups is 1. The van der Waals surface area contributed by atoms with Crippen molar-refractivity contribution < 1.29 is 4.79 Å². The number of rotatable bonds is 5. The van der Waals surface area contributed by atoms with Gasteiger partial charge in [0.25, 0.3) is 0 Å². The van der Waals surface area contributed by atoms with Crippen LogP contribution in [0, 0.1) is 6.92 Å². The highest BCUT2D eigenvalue weighted by Crippen LogP contribution is 2.47. The van der Waals surface area contributed by atoms with Crippen molar-refractivity contribution in [3.8, 4) is 0 Å². The number of amides is 1. The van der Waals surface area contributed by atoms with Gasteiger partial charge >= 0.3 is 0 Å².